The second-order valence-corrected chi connectivity index (χ2v) is 4.92. The number of piperazine rings is 1. The Balaban J connectivity index is 2.26. The molecule has 0 saturated carbocycles. The number of nitrogens with one attached hydrogen (secondary N) is 1. The summed E-state index contributed by atoms with van der Waals surface area (Å²) in [5.74, 6) is 1.01. The van der Waals surface area contributed by atoms with E-state index in [0.717, 1.165) is 31.9 Å². The molecule has 0 amide bonds. The molecule has 1 aliphatic heterocycles. The molecule has 2 rings (SSSR count). The zero-order valence-electron chi connectivity index (χ0n) is 11.6. The predicted molar refractivity (Wildman–Crippen MR) is 76.5 cm³/mol. The number of anilines is 1. The van der Waals surface area contributed by atoms with Crippen molar-refractivity contribution in [3.05, 3.63) is 24.3 Å². The first kappa shape index (κ1) is 13.2. The highest BCUT2D eigenvalue weighted by molar-refractivity contribution is 5.59. The number of nitrogens with zero attached hydrogens (tertiary/aromatic N) is 1. The summed E-state index contributed by atoms with van der Waals surface area (Å²) >= 11 is 0. The highest BCUT2D eigenvalue weighted by Crippen LogP contribution is 2.31. The Kier molecular flexibility index (Phi) is 4.48. The molecule has 2 atom stereocenters. The van der Waals surface area contributed by atoms with Crippen molar-refractivity contribution >= 4 is 5.69 Å². The van der Waals surface area contributed by atoms with Crippen molar-refractivity contribution in [2.24, 2.45) is 0 Å². The number of hydrogen-bond donors (Lipinski definition) is 1. The number of ether oxygens (including phenoxy) is 1. The van der Waals surface area contributed by atoms with Gasteiger partial charge in [0, 0.05) is 25.2 Å². The van der Waals surface area contributed by atoms with Gasteiger partial charge in [-0.15, -0.1) is 0 Å². The molecule has 3 nitrogen and oxygen atoms in total. The highest BCUT2D eigenvalue weighted by atomic mass is 16.5. The van der Waals surface area contributed by atoms with Crippen LogP contribution in [0.25, 0.3) is 0 Å². The maximum Gasteiger partial charge on any atom is 0.142 e. The van der Waals surface area contributed by atoms with Crippen molar-refractivity contribution in [3.63, 3.8) is 0 Å². The van der Waals surface area contributed by atoms with Gasteiger partial charge in [0.25, 0.3) is 0 Å². The quantitative estimate of drug-likeness (QED) is 0.886. The monoisotopic (exact) mass is 248 g/mol. The topological polar surface area (TPSA) is 24.5 Å². The Labute approximate surface area is 110 Å². The fourth-order valence-corrected chi connectivity index (χ4v) is 2.59. The van der Waals surface area contributed by atoms with Crippen LogP contribution in [0.1, 0.15) is 27.2 Å². The minimum Gasteiger partial charge on any atom is -0.492 e. The van der Waals surface area contributed by atoms with Crippen LogP contribution in [0.2, 0.25) is 0 Å². The molecule has 0 aliphatic carbocycles. The Morgan fingerprint density at radius 3 is 2.83 bits per heavy atom. The van der Waals surface area contributed by atoms with E-state index in [-0.39, 0.29) is 0 Å². The average Bonchev–Trinajstić information content (AvgIpc) is 2.40. The highest BCUT2D eigenvalue weighted by Gasteiger charge is 2.26. The Morgan fingerprint density at radius 1 is 1.33 bits per heavy atom. The molecular weight excluding hydrogens is 224 g/mol. The molecule has 0 aromatic heterocycles. The molecule has 100 valence electrons. The predicted octanol–water partition coefficient (Wildman–Crippen LogP) is 2.66. The van der Waals surface area contributed by atoms with Crippen LogP contribution in [-0.2, 0) is 0 Å². The molecule has 1 aromatic carbocycles. The van der Waals surface area contributed by atoms with Gasteiger partial charge in [-0.3, -0.25) is 0 Å². The average molecular weight is 248 g/mol. The third kappa shape index (κ3) is 2.78. The minimum atomic E-state index is 0.530. The summed E-state index contributed by atoms with van der Waals surface area (Å²) in [6.45, 7) is 9.34. The molecule has 3 heteroatoms. The molecule has 18 heavy (non-hydrogen) atoms. The molecule has 1 N–H and O–H groups in total. The largest absolute Gasteiger partial charge is 0.492 e. The van der Waals surface area contributed by atoms with Gasteiger partial charge in [0.15, 0.2) is 0 Å². The van der Waals surface area contributed by atoms with Crippen LogP contribution in [0, 0.1) is 0 Å². The van der Waals surface area contributed by atoms with Crippen LogP contribution in [0.3, 0.4) is 0 Å². The first-order valence-corrected chi connectivity index (χ1v) is 6.98. The smallest absolute Gasteiger partial charge is 0.142 e. The van der Waals surface area contributed by atoms with E-state index in [1.807, 2.05) is 13.0 Å². The third-order valence-electron chi connectivity index (χ3n) is 3.56. The number of hydrogen-bond acceptors (Lipinski definition) is 3. The summed E-state index contributed by atoms with van der Waals surface area (Å²) in [4.78, 5) is 2.49. The van der Waals surface area contributed by atoms with Gasteiger partial charge >= 0.3 is 0 Å². The molecule has 1 aromatic rings. The molecule has 1 heterocycles. The molecule has 1 aliphatic rings. The number of benzene rings is 1. The maximum absolute atomic E-state index is 5.76. The Hall–Kier alpha value is -1.22. The van der Waals surface area contributed by atoms with Crippen LogP contribution in [-0.4, -0.2) is 31.8 Å². The van der Waals surface area contributed by atoms with Gasteiger partial charge in [-0.2, -0.15) is 0 Å². The van der Waals surface area contributed by atoms with E-state index in [9.17, 15) is 0 Å². The molecule has 0 radical (unpaired) electrons. The van der Waals surface area contributed by atoms with Crippen LogP contribution in [0.4, 0.5) is 5.69 Å². The first-order valence-electron chi connectivity index (χ1n) is 6.98. The number of para-hydroxylation sites is 2. The first-order chi connectivity index (χ1) is 8.76. The van der Waals surface area contributed by atoms with Crippen molar-refractivity contribution in [1.82, 2.24) is 5.32 Å². The van der Waals surface area contributed by atoms with Crippen LogP contribution in [0.15, 0.2) is 24.3 Å². The van der Waals surface area contributed by atoms with E-state index in [0.29, 0.717) is 12.1 Å². The molecular formula is C15H24N2O. The minimum absolute atomic E-state index is 0.530. The van der Waals surface area contributed by atoms with E-state index < -0.39 is 0 Å². The van der Waals surface area contributed by atoms with Gasteiger partial charge in [0.05, 0.1) is 12.3 Å². The summed E-state index contributed by atoms with van der Waals surface area (Å²) < 4.78 is 5.76. The van der Waals surface area contributed by atoms with Gasteiger partial charge in [-0.25, -0.2) is 0 Å². The molecule has 1 fully saturated rings. The summed E-state index contributed by atoms with van der Waals surface area (Å²) in [5, 5.41) is 3.55. The van der Waals surface area contributed by atoms with Gasteiger partial charge in [-0.1, -0.05) is 19.1 Å². The molecule has 1 saturated heterocycles. The van der Waals surface area contributed by atoms with E-state index in [1.165, 1.54) is 5.69 Å². The number of rotatable bonds is 4. The maximum atomic E-state index is 5.76. The van der Waals surface area contributed by atoms with Crippen LogP contribution >= 0.6 is 0 Å². The molecule has 2 unspecified atom stereocenters. The van der Waals surface area contributed by atoms with Crippen molar-refractivity contribution in [2.45, 2.75) is 39.3 Å². The summed E-state index contributed by atoms with van der Waals surface area (Å²) in [5.41, 5.74) is 1.24. The lowest BCUT2D eigenvalue weighted by molar-refractivity contribution is 0.335. The lowest BCUT2D eigenvalue weighted by Crippen LogP contribution is -2.55. The third-order valence-corrected chi connectivity index (χ3v) is 3.56. The van der Waals surface area contributed by atoms with Gasteiger partial charge < -0.3 is 15.0 Å². The fourth-order valence-electron chi connectivity index (χ4n) is 2.59. The zero-order chi connectivity index (χ0) is 13.0. The fraction of sp³-hybridized carbons (Fsp3) is 0.600. The summed E-state index contributed by atoms with van der Waals surface area (Å²) in [6, 6.07) is 9.47. The van der Waals surface area contributed by atoms with Crippen molar-refractivity contribution < 1.29 is 4.74 Å². The standard InChI is InChI=1S/C15H24N2O/c1-4-13-10-16-12(3)11-17(13)14-8-6-7-9-15(14)18-5-2/h6-9,12-13,16H,4-5,10-11H2,1-3H3. The SMILES string of the molecule is CCOc1ccccc1N1CC(C)NCC1CC. The van der Waals surface area contributed by atoms with Gasteiger partial charge in [0.2, 0.25) is 0 Å². The summed E-state index contributed by atoms with van der Waals surface area (Å²) in [7, 11) is 0. The normalized spacial score (nSPS) is 24.1. The lowest BCUT2D eigenvalue weighted by atomic mass is 10.1. The van der Waals surface area contributed by atoms with E-state index in [4.69, 9.17) is 4.74 Å². The molecule has 0 bridgehead atoms. The van der Waals surface area contributed by atoms with Crippen LogP contribution in [0.5, 0.6) is 5.75 Å². The Morgan fingerprint density at radius 2 is 2.11 bits per heavy atom. The van der Waals surface area contributed by atoms with Crippen LogP contribution < -0.4 is 15.0 Å². The van der Waals surface area contributed by atoms with Crippen molar-refractivity contribution in [2.75, 3.05) is 24.6 Å². The van der Waals surface area contributed by atoms with E-state index in [2.05, 4.69) is 42.3 Å². The van der Waals surface area contributed by atoms with Crippen molar-refractivity contribution in [1.29, 1.82) is 0 Å². The van der Waals surface area contributed by atoms with Crippen molar-refractivity contribution in [3.8, 4) is 5.75 Å². The Bertz CT molecular complexity index is 381. The second-order valence-electron chi connectivity index (χ2n) is 4.92. The lowest BCUT2D eigenvalue weighted by Gasteiger charge is -2.41. The summed E-state index contributed by atoms with van der Waals surface area (Å²) in [6.07, 6.45) is 1.15. The zero-order valence-corrected chi connectivity index (χ0v) is 11.6. The van der Waals surface area contributed by atoms with E-state index in [1.54, 1.807) is 0 Å². The molecule has 0 spiro atoms. The second kappa shape index (κ2) is 6.10. The van der Waals surface area contributed by atoms with Gasteiger partial charge in [0.1, 0.15) is 5.75 Å². The van der Waals surface area contributed by atoms with E-state index >= 15 is 0 Å². The van der Waals surface area contributed by atoms with Gasteiger partial charge in [-0.05, 0) is 32.4 Å².